The number of cyclic esters (lactones) is 1. The summed E-state index contributed by atoms with van der Waals surface area (Å²) in [6.45, 7) is 0.293. The zero-order valence-electron chi connectivity index (χ0n) is 9.79. The Balaban J connectivity index is 1.82. The van der Waals surface area contributed by atoms with Crippen LogP contribution in [0.2, 0.25) is 0 Å². The first-order chi connectivity index (χ1) is 9.13. The molecular weight excluding hydrogens is 268 g/mol. The highest BCUT2D eigenvalue weighted by Gasteiger charge is 2.30. The highest BCUT2D eigenvalue weighted by molar-refractivity contribution is 7.22. The van der Waals surface area contributed by atoms with E-state index < -0.39 is 18.0 Å². The van der Waals surface area contributed by atoms with Gasteiger partial charge in [0, 0.05) is 6.42 Å². The van der Waals surface area contributed by atoms with Crippen LogP contribution in [0.3, 0.4) is 0 Å². The molecule has 1 fully saturated rings. The van der Waals surface area contributed by atoms with Crippen LogP contribution >= 0.6 is 11.3 Å². The molecule has 1 aromatic carbocycles. The van der Waals surface area contributed by atoms with Crippen LogP contribution in [0, 0.1) is 0 Å². The Bertz CT molecular complexity index is 667. The van der Waals surface area contributed by atoms with Gasteiger partial charge in [-0.2, -0.15) is 0 Å². The number of thiazole rings is 1. The third-order valence-electron chi connectivity index (χ3n) is 2.78. The van der Waals surface area contributed by atoms with E-state index in [0.29, 0.717) is 23.7 Å². The molecule has 0 spiro atoms. The maximum Gasteiger partial charge on any atom is 0.347 e. The number of nitrogens with two attached hydrogens (primary N) is 1. The number of hydrogen-bond acceptors (Lipinski definition) is 7. The van der Waals surface area contributed by atoms with Crippen molar-refractivity contribution in [2.45, 2.75) is 12.5 Å². The number of ether oxygens (including phenoxy) is 2. The summed E-state index contributed by atoms with van der Waals surface area (Å²) < 4.78 is 10.6. The number of benzene rings is 1. The summed E-state index contributed by atoms with van der Waals surface area (Å²) in [5.74, 6) is -1.03. The number of carbonyl (C=O) groups excluding carboxylic acids is 2. The van der Waals surface area contributed by atoms with Crippen molar-refractivity contribution in [2.24, 2.45) is 0 Å². The summed E-state index contributed by atoms with van der Waals surface area (Å²) in [5.41, 5.74) is 6.70. The van der Waals surface area contributed by atoms with Crippen molar-refractivity contribution in [1.29, 1.82) is 0 Å². The van der Waals surface area contributed by atoms with Crippen LogP contribution in [0.25, 0.3) is 10.2 Å². The van der Waals surface area contributed by atoms with E-state index in [1.165, 1.54) is 11.3 Å². The van der Waals surface area contributed by atoms with Gasteiger partial charge in [-0.1, -0.05) is 11.3 Å². The average Bonchev–Trinajstić information content (AvgIpc) is 2.93. The summed E-state index contributed by atoms with van der Waals surface area (Å²) in [5, 5.41) is 0.444. The zero-order chi connectivity index (χ0) is 13.4. The molecule has 3 rings (SSSR count). The lowest BCUT2D eigenvalue weighted by Crippen LogP contribution is -2.22. The molecule has 1 atom stereocenters. The van der Waals surface area contributed by atoms with E-state index in [-0.39, 0.29) is 0 Å². The highest BCUT2D eigenvalue weighted by Crippen LogP contribution is 2.25. The van der Waals surface area contributed by atoms with Crippen LogP contribution in [0.5, 0.6) is 0 Å². The van der Waals surface area contributed by atoms with Crippen molar-refractivity contribution in [1.82, 2.24) is 4.98 Å². The van der Waals surface area contributed by atoms with Gasteiger partial charge < -0.3 is 15.2 Å². The van der Waals surface area contributed by atoms with Crippen molar-refractivity contribution in [3.63, 3.8) is 0 Å². The number of rotatable bonds is 2. The fourth-order valence-corrected chi connectivity index (χ4v) is 2.62. The van der Waals surface area contributed by atoms with Crippen LogP contribution in [0.4, 0.5) is 5.13 Å². The lowest BCUT2D eigenvalue weighted by atomic mass is 10.2. The molecule has 0 aliphatic carbocycles. The van der Waals surface area contributed by atoms with Gasteiger partial charge in [0.1, 0.15) is 0 Å². The maximum absolute atomic E-state index is 11.9. The number of hydrogen-bond donors (Lipinski definition) is 1. The Hall–Kier alpha value is -2.15. The molecule has 0 amide bonds. The molecule has 1 aliphatic rings. The summed E-state index contributed by atoms with van der Waals surface area (Å²) in [7, 11) is 0. The molecule has 1 saturated heterocycles. The molecule has 7 heteroatoms. The zero-order valence-corrected chi connectivity index (χ0v) is 10.6. The van der Waals surface area contributed by atoms with Crippen LogP contribution in [0.15, 0.2) is 18.2 Å². The predicted octanol–water partition coefficient (Wildman–Crippen LogP) is 1.35. The Morgan fingerprint density at radius 2 is 2.37 bits per heavy atom. The van der Waals surface area contributed by atoms with Crippen molar-refractivity contribution < 1.29 is 19.1 Å². The smallest absolute Gasteiger partial charge is 0.347 e. The van der Waals surface area contributed by atoms with Crippen LogP contribution in [0.1, 0.15) is 16.8 Å². The largest absolute Gasteiger partial charge is 0.463 e. The highest BCUT2D eigenvalue weighted by atomic mass is 32.1. The van der Waals surface area contributed by atoms with Gasteiger partial charge in [-0.3, -0.25) is 0 Å². The molecule has 0 bridgehead atoms. The molecule has 0 unspecified atom stereocenters. The monoisotopic (exact) mass is 278 g/mol. The molecule has 2 N–H and O–H groups in total. The lowest BCUT2D eigenvalue weighted by molar-refractivity contribution is -0.145. The number of anilines is 1. The minimum Gasteiger partial charge on any atom is -0.463 e. The van der Waals surface area contributed by atoms with Crippen molar-refractivity contribution in [2.75, 3.05) is 12.3 Å². The molecule has 0 radical (unpaired) electrons. The number of esters is 2. The van der Waals surface area contributed by atoms with Gasteiger partial charge in [0.25, 0.3) is 0 Å². The van der Waals surface area contributed by atoms with E-state index in [0.717, 1.165) is 10.2 Å². The van der Waals surface area contributed by atoms with Crippen molar-refractivity contribution in [3.8, 4) is 0 Å². The Morgan fingerprint density at radius 1 is 1.53 bits per heavy atom. The Kier molecular flexibility index (Phi) is 2.83. The van der Waals surface area contributed by atoms with Crippen LogP contribution < -0.4 is 5.73 Å². The molecule has 0 saturated carbocycles. The normalized spacial score (nSPS) is 18.5. The number of carbonyl (C=O) groups is 2. The van der Waals surface area contributed by atoms with Gasteiger partial charge >= 0.3 is 11.9 Å². The summed E-state index contributed by atoms with van der Waals surface area (Å²) >= 11 is 1.29. The van der Waals surface area contributed by atoms with E-state index in [1.54, 1.807) is 18.2 Å². The number of fused-ring (bicyclic) bond motifs is 1. The summed E-state index contributed by atoms with van der Waals surface area (Å²) in [6, 6.07) is 4.96. The van der Waals surface area contributed by atoms with E-state index in [1.807, 2.05) is 0 Å². The first-order valence-corrected chi connectivity index (χ1v) is 6.49. The Morgan fingerprint density at radius 3 is 3.11 bits per heavy atom. The fourth-order valence-electron chi connectivity index (χ4n) is 1.85. The summed E-state index contributed by atoms with van der Waals surface area (Å²) in [4.78, 5) is 27.3. The van der Waals surface area contributed by atoms with Crippen molar-refractivity contribution >= 4 is 38.6 Å². The molecule has 19 heavy (non-hydrogen) atoms. The second-order valence-electron chi connectivity index (χ2n) is 4.08. The Labute approximate surface area is 112 Å². The second-order valence-corrected chi connectivity index (χ2v) is 5.15. The first-order valence-electron chi connectivity index (χ1n) is 5.67. The van der Waals surface area contributed by atoms with E-state index in [9.17, 15) is 9.59 Å². The second kappa shape index (κ2) is 4.51. The quantitative estimate of drug-likeness (QED) is 0.834. The molecule has 6 nitrogen and oxygen atoms in total. The lowest BCUT2D eigenvalue weighted by Gasteiger charge is -2.07. The van der Waals surface area contributed by atoms with Gasteiger partial charge in [0.2, 0.25) is 6.10 Å². The standard InChI is InChI=1S/C12H10N2O4S/c13-12-14-7-2-1-6(5-9(7)19-12)10(15)18-8-3-4-17-11(8)16/h1-2,5,8H,3-4H2,(H2,13,14)/t8-/m0/s1. The molecule has 98 valence electrons. The van der Waals surface area contributed by atoms with Gasteiger partial charge in [0.05, 0.1) is 22.4 Å². The summed E-state index contributed by atoms with van der Waals surface area (Å²) in [6.07, 6.45) is -0.393. The SMILES string of the molecule is Nc1nc2ccc(C(=O)O[C@H]3CCOC3=O)cc2s1. The van der Waals surface area contributed by atoms with Gasteiger partial charge in [-0.05, 0) is 18.2 Å². The maximum atomic E-state index is 11.9. The van der Waals surface area contributed by atoms with E-state index in [2.05, 4.69) is 4.98 Å². The number of nitrogen functional groups attached to an aromatic ring is 1. The van der Waals surface area contributed by atoms with Gasteiger partial charge in [-0.15, -0.1) is 0 Å². The van der Waals surface area contributed by atoms with Gasteiger partial charge in [0.15, 0.2) is 5.13 Å². The van der Waals surface area contributed by atoms with E-state index in [4.69, 9.17) is 15.2 Å². The van der Waals surface area contributed by atoms with Gasteiger partial charge in [-0.25, -0.2) is 14.6 Å². The fraction of sp³-hybridized carbons (Fsp3) is 0.250. The number of aromatic nitrogens is 1. The average molecular weight is 278 g/mol. The molecular formula is C12H10N2O4S. The topological polar surface area (TPSA) is 91.5 Å². The molecule has 2 heterocycles. The van der Waals surface area contributed by atoms with Crippen molar-refractivity contribution in [3.05, 3.63) is 23.8 Å². The van der Waals surface area contributed by atoms with E-state index >= 15 is 0 Å². The van der Waals surface area contributed by atoms with Crippen LogP contribution in [-0.2, 0) is 14.3 Å². The minimum absolute atomic E-state index is 0.293. The minimum atomic E-state index is -0.797. The van der Waals surface area contributed by atoms with Crippen LogP contribution in [-0.4, -0.2) is 29.6 Å². The molecule has 2 aromatic rings. The third kappa shape index (κ3) is 2.24. The molecule has 1 aliphatic heterocycles. The first kappa shape index (κ1) is 11.9. The molecule has 1 aromatic heterocycles. The predicted molar refractivity (Wildman–Crippen MR) is 68.8 cm³/mol. The third-order valence-corrected chi connectivity index (χ3v) is 3.62. The number of nitrogens with zero attached hydrogens (tertiary/aromatic N) is 1.